The molecule has 0 radical (unpaired) electrons. The Balaban J connectivity index is 2.89. The van der Waals surface area contributed by atoms with Crippen LogP contribution in [-0.2, 0) is 0 Å². The van der Waals surface area contributed by atoms with Crippen molar-refractivity contribution in [2.45, 2.75) is 45.1 Å². The van der Waals surface area contributed by atoms with E-state index in [4.69, 9.17) is 10.8 Å². The fourth-order valence-corrected chi connectivity index (χ4v) is 0.925. The van der Waals surface area contributed by atoms with Crippen LogP contribution in [0.1, 0.15) is 39.0 Å². The van der Waals surface area contributed by atoms with Gasteiger partial charge < -0.3 is 10.8 Å². The Labute approximate surface area is 63.4 Å². The molecule has 0 rings (SSSR count). The van der Waals surface area contributed by atoms with E-state index in [-0.39, 0.29) is 12.6 Å². The van der Waals surface area contributed by atoms with Crippen LogP contribution < -0.4 is 5.73 Å². The molecular weight excluding hydrogens is 126 g/mol. The first-order chi connectivity index (χ1) is 4.81. The third-order valence-corrected chi connectivity index (χ3v) is 1.66. The van der Waals surface area contributed by atoms with Crippen molar-refractivity contribution in [2.24, 2.45) is 5.73 Å². The van der Waals surface area contributed by atoms with Crippen LogP contribution in [0.5, 0.6) is 0 Å². The zero-order valence-corrected chi connectivity index (χ0v) is 6.84. The SMILES string of the molecule is CCCCCCC(N)CO. The Hall–Kier alpha value is -0.0800. The molecular formula is C8H19NO. The first kappa shape index (κ1) is 9.92. The van der Waals surface area contributed by atoms with Crippen LogP contribution in [0, 0.1) is 0 Å². The molecule has 1 atom stereocenters. The fourth-order valence-electron chi connectivity index (χ4n) is 0.925. The summed E-state index contributed by atoms with van der Waals surface area (Å²) < 4.78 is 0. The number of hydrogen-bond donors (Lipinski definition) is 2. The van der Waals surface area contributed by atoms with Crippen molar-refractivity contribution in [3.05, 3.63) is 0 Å². The van der Waals surface area contributed by atoms with Crippen LogP contribution in [-0.4, -0.2) is 17.8 Å². The lowest BCUT2D eigenvalue weighted by Crippen LogP contribution is -2.23. The Kier molecular flexibility index (Phi) is 6.98. The van der Waals surface area contributed by atoms with Crippen molar-refractivity contribution < 1.29 is 5.11 Å². The predicted molar refractivity (Wildman–Crippen MR) is 43.8 cm³/mol. The van der Waals surface area contributed by atoms with Crippen LogP contribution in [0.15, 0.2) is 0 Å². The van der Waals surface area contributed by atoms with E-state index >= 15 is 0 Å². The lowest BCUT2D eigenvalue weighted by Gasteiger charge is -2.05. The molecule has 0 bridgehead atoms. The van der Waals surface area contributed by atoms with Gasteiger partial charge in [-0.15, -0.1) is 0 Å². The van der Waals surface area contributed by atoms with E-state index < -0.39 is 0 Å². The molecule has 10 heavy (non-hydrogen) atoms. The van der Waals surface area contributed by atoms with E-state index in [1.807, 2.05) is 0 Å². The molecule has 0 aromatic carbocycles. The standard InChI is InChI=1S/C8H19NO/c1-2-3-4-5-6-8(9)7-10/h8,10H,2-7,9H2,1H3. The molecule has 2 nitrogen and oxygen atoms in total. The Morgan fingerprint density at radius 1 is 1.30 bits per heavy atom. The molecule has 1 unspecified atom stereocenters. The Morgan fingerprint density at radius 3 is 2.50 bits per heavy atom. The van der Waals surface area contributed by atoms with Crippen LogP contribution >= 0.6 is 0 Å². The van der Waals surface area contributed by atoms with Crippen molar-refractivity contribution in [3.8, 4) is 0 Å². The molecule has 0 aliphatic heterocycles. The summed E-state index contributed by atoms with van der Waals surface area (Å²) >= 11 is 0. The first-order valence-electron chi connectivity index (χ1n) is 4.17. The van der Waals surface area contributed by atoms with Gasteiger partial charge in [0.15, 0.2) is 0 Å². The summed E-state index contributed by atoms with van der Waals surface area (Å²) in [5, 5.41) is 8.57. The minimum Gasteiger partial charge on any atom is -0.395 e. The van der Waals surface area contributed by atoms with E-state index in [0.29, 0.717) is 0 Å². The lowest BCUT2D eigenvalue weighted by molar-refractivity contribution is 0.257. The highest BCUT2D eigenvalue weighted by atomic mass is 16.3. The van der Waals surface area contributed by atoms with Gasteiger partial charge in [-0.05, 0) is 6.42 Å². The van der Waals surface area contributed by atoms with Gasteiger partial charge in [-0.1, -0.05) is 32.6 Å². The predicted octanol–water partition coefficient (Wildman–Crippen LogP) is 1.28. The van der Waals surface area contributed by atoms with E-state index in [2.05, 4.69) is 6.92 Å². The van der Waals surface area contributed by atoms with Gasteiger partial charge in [0.05, 0.1) is 6.61 Å². The van der Waals surface area contributed by atoms with Crippen molar-refractivity contribution in [2.75, 3.05) is 6.61 Å². The van der Waals surface area contributed by atoms with Crippen LogP contribution in [0.2, 0.25) is 0 Å². The third kappa shape index (κ3) is 6.05. The van der Waals surface area contributed by atoms with Crippen molar-refractivity contribution in [1.82, 2.24) is 0 Å². The van der Waals surface area contributed by atoms with E-state index in [1.54, 1.807) is 0 Å². The topological polar surface area (TPSA) is 46.2 Å². The summed E-state index contributed by atoms with van der Waals surface area (Å²) in [6.45, 7) is 2.32. The molecule has 0 aromatic rings. The minimum atomic E-state index is 0.0110. The van der Waals surface area contributed by atoms with Gasteiger partial charge in [-0.25, -0.2) is 0 Å². The van der Waals surface area contributed by atoms with E-state index in [1.165, 1.54) is 19.3 Å². The van der Waals surface area contributed by atoms with E-state index in [0.717, 1.165) is 12.8 Å². The maximum atomic E-state index is 8.57. The van der Waals surface area contributed by atoms with Crippen LogP contribution in [0.3, 0.4) is 0 Å². The Morgan fingerprint density at radius 2 is 2.00 bits per heavy atom. The van der Waals surface area contributed by atoms with Gasteiger partial charge in [0.2, 0.25) is 0 Å². The molecule has 0 aliphatic carbocycles. The maximum absolute atomic E-state index is 8.57. The normalized spacial score (nSPS) is 13.5. The summed E-state index contributed by atoms with van der Waals surface area (Å²) in [5.41, 5.74) is 5.51. The first-order valence-corrected chi connectivity index (χ1v) is 4.17. The second-order valence-corrected chi connectivity index (χ2v) is 2.79. The molecule has 0 saturated heterocycles. The van der Waals surface area contributed by atoms with Crippen LogP contribution in [0.4, 0.5) is 0 Å². The molecule has 0 aromatic heterocycles. The minimum absolute atomic E-state index is 0.0110. The van der Waals surface area contributed by atoms with Gasteiger partial charge in [-0.3, -0.25) is 0 Å². The molecule has 62 valence electrons. The van der Waals surface area contributed by atoms with Gasteiger partial charge in [0.25, 0.3) is 0 Å². The second kappa shape index (κ2) is 7.03. The number of rotatable bonds is 6. The van der Waals surface area contributed by atoms with Crippen molar-refractivity contribution >= 4 is 0 Å². The highest BCUT2D eigenvalue weighted by Crippen LogP contribution is 2.03. The average molecular weight is 145 g/mol. The highest BCUT2D eigenvalue weighted by Gasteiger charge is 1.97. The molecule has 0 heterocycles. The molecule has 0 amide bonds. The largest absolute Gasteiger partial charge is 0.395 e. The van der Waals surface area contributed by atoms with Crippen molar-refractivity contribution in [1.29, 1.82) is 0 Å². The number of hydrogen-bond acceptors (Lipinski definition) is 2. The zero-order valence-electron chi connectivity index (χ0n) is 6.84. The number of aliphatic hydroxyl groups excluding tert-OH is 1. The van der Waals surface area contributed by atoms with Gasteiger partial charge >= 0.3 is 0 Å². The highest BCUT2D eigenvalue weighted by molar-refractivity contribution is 4.57. The Bertz CT molecular complexity index is 66.3. The molecule has 0 saturated carbocycles. The maximum Gasteiger partial charge on any atom is 0.0582 e. The molecule has 3 N–H and O–H groups in total. The van der Waals surface area contributed by atoms with Crippen molar-refractivity contribution in [3.63, 3.8) is 0 Å². The number of aliphatic hydroxyl groups is 1. The summed E-state index contributed by atoms with van der Waals surface area (Å²) in [5.74, 6) is 0. The monoisotopic (exact) mass is 145 g/mol. The fraction of sp³-hybridized carbons (Fsp3) is 1.00. The van der Waals surface area contributed by atoms with Crippen LogP contribution in [0.25, 0.3) is 0 Å². The quantitative estimate of drug-likeness (QED) is 0.553. The second-order valence-electron chi connectivity index (χ2n) is 2.79. The zero-order chi connectivity index (χ0) is 7.82. The molecule has 0 aliphatic rings. The lowest BCUT2D eigenvalue weighted by atomic mass is 10.1. The van der Waals surface area contributed by atoms with Gasteiger partial charge in [0, 0.05) is 6.04 Å². The summed E-state index contributed by atoms with van der Waals surface area (Å²) in [4.78, 5) is 0. The third-order valence-electron chi connectivity index (χ3n) is 1.66. The molecule has 0 spiro atoms. The number of unbranched alkanes of at least 4 members (excludes halogenated alkanes) is 3. The summed E-state index contributed by atoms with van der Waals surface area (Å²) in [6.07, 6.45) is 5.93. The van der Waals surface area contributed by atoms with Gasteiger partial charge in [-0.2, -0.15) is 0 Å². The van der Waals surface area contributed by atoms with E-state index in [9.17, 15) is 0 Å². The van der Waals surface area contributed by atoms with Gasteiger partial charge in [0.1, 0.15) is 0 Å². The average Bonchev–Trinajstić information content (AvgIpc) is 1.98. The molecule has 2 heteroatoms. The summed E-state index contributed by atoms with van der Waals surface area (Å²) in [7, 11) is 0. The smallest absolute Gasteiger partial charge is 0.0582 e. The summed E-state index contributed by atoms with van der Waals surface area (Å²) in [6, 6.07) is 0.0110. The number of nitrogens with two attached hydrogens (primary N) is 1. The molecule has 0 fully saturated rings.